The van der Waals surface area contributed by atoms with Crippen LogP contribution >= 0.6 is 0 Å². The molecule has 4 rings (SSSR count). The van der Waals surface area contributed by atoms with Crippen LogP contribution in [0.4, 0.5) is 0 Å². The summed E-state index contributed by atoms with van der Waals surface area (Å²) in [5.74, 6) is 0.972. The summed E-state index contributed by atoms with van der Waals surface area (Å²) in [5, 5.41) is 1.07. The maximum atomic E-state index is 12.9. The molecule has 3 aromatic rings. The van der Waals surface area contributed by atoms with Crippen molar-refractivity contribution >= 4 is 16.8 Å². The van der Waals surface area contributed by atoms with Gasteiger partial charge in [-0.15, -0.1) is 0 Å². The van der Waals surface area contributed by atoms with Gasteiger partial charge in [0.05, 0.1) is 6.04 Å². The number of nitrogens with one attached hydrogen (secondary N) is 2. The molecule has 1 saturated heterocycles. The summed E-state index contributed by atoms with van der Waals surface area (Å²) in [6.07, 6.45) is 8.61. The molecular formula is C17H18N4O. The number of aromatic nitrogens is 3. The van der Waals surface area contributed by atoms with E-state index >= 15 is 0 Å². The van der Waals surface area contributed by atoms with Crippen LogP contribution in [0.3, 0.4) is 0 Å². The van der Waals surface area contributed by atoms with Crippen molar-refractivity contribution in [1.29, 1.82) is 0 Å². The number of benzene rings is 1. The Kier molecular flexibility index (Phi) is 3.18. The molecule has 0 bridgehead atoms. The highest BCUT2D eigenvalue weighted by atomic mass is 16.2. The van der Waals surface area contributed by atoms with Crippen molar-refractivity contribution in [2.45, 2.75) is 25.3 Å². The van der Waals surface area contributed by atoms with Gasteiger partial charge in [-0.3, -0.25) is 4.79 Å². The molecule has 2 aromatic heterocycles. The lowest BCUT2D eigenvalue weighted by molar-refractivity contribution is 0.0601. The summed E-state index contributed by atoms with van der Waals surface area (Å²) in [4.78, 5) is 25.6. The van der Waals surface area contributed by atoms with Crippen LogP contribution in [0.15, 0.2) is 42.9 Å². The predicted molar refractivity (Wildman–Crippen MR) is 84.5 cm³/mol. The largest absolute Gasteiger partial charge is 0.361 e. The van der Waals surface area contributed by atoms with Gasteiger partial charge in [-0.1, -0.05) is 0 Å². The second kappa shape index (κ2) is 5.33. The molecule has 1 fully saturated rings. The van der Waals surface area contributed by atoms with E-state index in [1.165, 1.54) is 0 Å². The number of carbonyl (C=O) groups excluding carboxylic acids is 1. The van der Waals surface area contributed by atoms with Gasteiger partial charge in [0.2, 0.25) is 0 Å². The molecule has 112 valence electrons. The molecule has 0 unspecified atom stereocenters. The lowest BCUT2D eigenvalue weighted by Crippen LogP contribution is -2.39. The van der Waals surface area contributed by atoms with Crippen molar-refractivity contribution in [1.82, 2.24) is 19.9 Å². The van der Waals surface area contributed by atoms with Crippen LogP contribution in [0, 0.1) is 0 Å². The van der Waals surface area contributed by atoms with E-state index in [0.29, 0.717) is 0 Å². The van der Waals surface area contributed by atoms with E-state index in [-0.39, 0.29) is 11.9 Å². The average Bonchev–Trinajstić information content (AvgIpc) is 3.24. The number of hydrogen-bond acceptors (Lipinski definition) is 2. The molecule has 0 radical (unpaired) electrons. The minimum atomic E-state index is 0.0539. The number of imidazole rings is 1. The van der Waals surface area contributed by atoms with E-state index < -0.39 is 0 Å². The van der Waals surface area contributed by atoms with Gasteiger partial charge in [0, 0.05) is 41.6 Å². The normalized spacial score (nSPS) is 18.7. The fourth-order valence-electron chi connectivity index (χ4n) is 3.27. The SMILES string of the molecule is O=C(c1ccc2[nH]ccc2c1)N1CCCC[C@@H]1c1ncc[nH]1. The number of hydrogen-bond donors (Lipinski definition) is 2. The topological polar surface area (TPSA) is 64.8 Å². The van der Waals surface area contributed by atoms with Crippen molar-refractivity contribution < 1.29 is 4.79 Å². The van der Waals surface area contributed by atoms with Crippen LogP contribution in [0.1, 0.15) is 41.5 Å². The first-order valence-electron chi connectivity index (χ1n) is 7.70. The number of H-pyrrole nitrogens is 2. The first-order valence-corrected chi connectivity index (χ1v) is 7.70. The summed E-state index contributed by atoms with van der Waals surface area (Å²) in [7, 11) is 0. The molecule has 0 saturated carbocycles. The highest BCUT2D eigenvalue weighted by Crippen LogP contribution is 2.30. The Morgan fingerprint density at radius 2 is 2.14 bits per heavy atom. The van der Waals surface area contributed by atoms with E-state index in [4.69, 9.17) is 0 Å². The van der Waals surface area contributed by atoms with Gasteiger partial charge in [-0.05, 0) is 43.5 Å². The Balaban J connectivity index is 1.67. The van der Waals surface area contributed by atoms with E-state index in [0.717, 1.165) is 48.1 Å². The number of carbonyl (C=O) groups is 1. The summed E-state index contributed by atoms with van der Waals surface area (Å²) >= 11 is 0. The molecule has 1 amide bonds. The van der Waals surface area contributed by atoms with Crippen LogP contribution in [-0.2, 0) is 0 Å². The van der Waals surface area contributed by atoms with Gasteiger partial charge in [0.15, 0.2) is 0 Å². The van der Waals surface area contributed by atoms with Crippen molar-refractivity contribution in [3.63, 3.8) is 0 Å². The van der Waals surface area contributed by atoms with Crippen LogP contribution in [0.2, 0.25) is 0 Å². The monoisotopic (exact) mass is 294 g/mol. The predicted octanol–water partition coefficient (Wildman–Crippen LogP) is 3.26. The Morgan fingerprint density at radius 1 is 1.18 bits per heavy atom. The van der Waals surface area contributed by atoms with E-state index in [1.54, 1.807) is 6.20 Å². The molecule has 0 aliphatic carbocycles. The number of likely N-dealkylation sites (tertiary alicyclic amines) is 1. The lowest BCUT2D eigenvalue weighted by atomic mass is 10.00. The molecule has 2 N–H and O–H groups in total. The number of rotatable bonds is 2. The van der Waals surface area contributed by atoms with Crippen LogP contribution in [-0.4, -0.2) is 32.3 Å². The number of amides is 1. The van der Waals surface area contributed by atoms with Crippen molar-refractivity contribution in [2.24, 2.45) is 0 Å². The van der Waals surface area contributed by atoms with Gasteiger partial charge in [0.1, 0.15) is 5.82 Å². The van der Waals surface area contributed by atoms with E-state index in [9.17, 15) is 4.79 Å². The Bertz CT molecular complexity index is 790. The smallest absolute Gasteiger partial charge is 0.254 e. The fraction of sp³-hybridized carbons (Fsp3) is 0.294. The summed E-state index contributed by atoms with van der Waals surface area (Å²) in [5.41, 5.74) is 1.79. The quantitative estimate of drug-likeness (QED) is 0.762. The van der Waals surface area contributed by atoms with Gasteiger partial charge in [-0.2, -0.15) is 0 Å². The fourth-order valence-corrected chi connectivity index (χ4v) is 3.27. The zero-order valence-corrected chi connectivity index (χ0v) is 12.2. The Morgan fingerprint density at radius 3 is 3.00 bits per heavy atom. The van der Waals surface area contributed by atoms with E-state index in [2.05, 4.69) is 15.0 Å². The third-order valence-electron chi connectivity index (χ3n) is 4.40. The molecule has 1 aliphatic rings. The van der Waals surface area contributed by atoms with E-state index in [1.807, 2.05) is 41.6 Å². The summed E-state index contributed by atoms with van der Waals surface area (Å²) < 4.78 is 0. The van der Waals surface area contributed by atoms with Crippen LogP contribution < -0.4 is 0 Å². The molecule has 1 atom stereocenters. The van der Waals surface area contributed by atoms with Gasteiger partial charge in [0.25, 0.3) is 5.91 Å². The van der Waals surface area contributed by atoms with Crippen LogP contribution in [0.25, 0.3) is 10.9 Å². The third kappa shape index (κ3) is 2.19. The Hall–Kier alpha value is -2.56. The molecular weight excluding hydrogens is 276 g/mol. The molecule has 5 nitrogen and oxygen atoms in total. The molecule has 1 aliphatic heterocycles. The third-order valence-corrected chi connectivity index (χ3v) is 4.40. The number of piperidine rings is 1. The summed E-state index contributed by atoms with van der Waals surface area (Å²) in [6, 6.07) is 7.87. The molecule has 1 aromatic carbocycles. The second-order valence-corrected chi connectivity index (χ2v) is 5.76. The second-order valence-electron chi connectivity index (χ2n) is 5.76. The lowest BCUT2D eigenvalue weighted by Gasteiger charge is -2.34. The van der Waals surface area contributed by atoms with Gasteiger partial charge in [-0.25, -0.2) is 4.98 Å². The maximum Gasteiger partial charge on any atom is 0.254 e. The van der Waals surface area contributed by atoms with Crippen molar-refractivity contribution in [2.75, 3.05) is 6.54 Å². The highest BCUT2D eigenvalue weighted by molar-refractivity contribution is 5.98. The number of fused-ring (bicyclic) bond motifs is 1. The first-order chi connectivity index (χ1) is 10.8. The average molecular weight is 294 g/mol. The molecule has 3 heterocycles. The number of nitrogens with zero attached hydrogens (tertiary/aromatic N) is 2. The highest BCUT2D eigenvalue weighted by Gasteiger charge is 2.30. The molecule has 0 spiro atoms. The minimum Gasteiger partial charge on any atom is -0.361 e. The standard InChI is InChI=1S/C17H18N4O/c22-17(13-4-5-14-12(11-13)6-7-18-14)21-10-2-1-3-15(21)16-19-8-9-20-16/h4-9,11,15,18H,1-3,10H2,(H,19,20)/t15-/m1/s1. The van der Waals surface area contributed by atoms with Crippen LogP contribution in [0.5, 0.6) is 0 Å². The van der Waals surface area contributed by atoms with Gasteiger partial charge < -0.3 is 14.9 Å². The number of aromatic amines is 2. The van der Waals surface area contributed by atoms with Crippen molar-refractivity contribution in [3.05, 3.63) is 54.2 Å². The Labute approximate surface area is 128 Å². The first kappa shape index (κ1) is 13.1. The van der Waals surface area contributed by atoms with Crippen molar-refractivity contribution in [3.8, 4) is 0 Å². The molecule has 5 heteroatoms. The maximum absolute atomic E-state index is 12.9. The minimum absolute atomic E-state index is 0.0539. The van der Waals surface area contributed by atoms with Gasteiger partial charge >= 0.3 is 0 Å². The molecule has 22 heavy (non-hydrogen) atoms. The zero-order chi connectivity index (χ0) is 14.9. The zero-order valence-electron chi connectivity index (χ0n) is 12.2. The summed E-state index contributed by atoms with van der Waals surface area (Å²) in [6.45, 7) is 0.787.